The van der Waals surface area contributed by atoms with E-state index in [2.05, 4.69) is 46.9 Å². The van der Waals surface area contributed by atoms with E-state index in [9.17, 15) is 0 Å². The van der Waals surface area contributed by atoms with Crippen LogP contribution in [0.3, 0.4) is 0 Å². The molecule has 0 aromatic carbocycles. The SMILES string of the molecule is CCCC(CC)NCC1C(C)(C)C1(C)C. The topological polar surface area (TPSA) is 12.0 Å². The van der Waals surface area contributed by atoms with Crippen molar-refractivity contribution >= 4 is 0 Å². The maximum Gasteiger partial charge on any atom is 0.00644 e. The van der Waals surface area contributed by atoms with Gasteiger partial charge in [0.2, 0.25) is 0 Å². The third kappa shape index (κ3) is 2.38. The van der Waals surface area contributed by atoms with Crippen LogP contribution in [0.4, 0.5) is 0 Å². The Morgan fingerprint density at radius 3 is 1.93 bits per heavy atom. The van der Waals surface area contributed by atoms with Crippen LogP contribution >= 0.6 is 0 Å². The van der Waals surface area contributed by atoms with E-state index in [0.717, 1.165) is 12.0 Å². The van der Waals surface area contributed by atoms with Gasteiger partial charge in [0.1, 0.15) is 0 Å². The molecule has 15 heavy (non-hydrogen) atoms. The van der Waals surface area contributed by atoms with Crippen LogP contribution in [0.2, 0.25) is 0 Å². The van der Waals surface area contributed by atoms with Gasteiger partial charge in [0.05, 0.1) is 0 Å². The molecule has 1 unspecified atom stereocenters. The van der Waals surface area contributed by atoms with E-state index in [1.54, 1.807) is 0 Å². The molecule has 0 aromatic heterocycles. The van der Waals surface area contributed by atoms with Crippen LogP contribution in [-0.4, -0.2) is 12.6 Å². The van der Waals surface area contributed by atoms with Gasteiger partial charge in [0.25, 0.3) is 0 Å². The first-order chi connectivity index (χ1) is 6.87. The molecule has 1 nitrogen and oxygen atoms in total. The van der Waals surface area contributed by atoms with Crippen molar-refractivity contribution in [2.45, 2.75) is 66.8 Å². The second-order valence-corrected chi connectivity index (χ2v) is 6.30. The van der Waals surface area contributed by atoms with E-state index >= 15 is 0 Å². The van der Waals surface area contributed by atoms with E-state index in [1.165, 1.54) is 25.8 Å². The molecular formula is C14H29N. The van der Waals surface area contributed by atoms with Gasteiger partial charge in [-0.15, -0.1) is 0 Å². The Morgan fingerprint density at radius 1 is 1.07 bits per heavy atom. The van der Waals surface area contributed by atoms with E-state index in [0.29, 0.717) is 10.8 Å². The lowest BCUT2D eigenvalue weighted by Gasteiger charge is -2.16. The van der Waals surface area contributed by atoms with Gasteiger partial charge in [-0.05, 0) is 36.1 Å². The molecule has 1 heteroatoms. The second-order valence-electron chi connectivity index (χ2n) is 6.30. The molecule has 0 saturated heterocycles. The summed E-state index contributed by atoms with van der Waals surface area (Å²) >= 11 is 0. The van der Waals surface area contributed by atoms with Crippen molar-refractivity contribution in [3.63, 3.8) is 0 Å². The maximum absolute atomic E-state index is 3.74. The third-order valence-corrected chi connectivity index (χ3v) is 5.06. The molecule has 0 aliphatic heterocycles. The summed E-state index contributed by atoms with van der Waals surface area (Å²) in [5.41, 5.74) is 1.06. The first-order valence-corrected chi connectivity index (χ1v) is 6.61. The Balaban J connectivity index is 2.33. The van der Waals surface area contributed by atoms with E-state index in [-0.39, 0.29) is 0 Å². The Kier molecular flexibility index (Phi) is 3.86. The summed E-state index contributed by atoms with van der Waals surface area (Å²) in [6, 6.07) is 0.738. The highest BCUT2D eigenvalue weighted by atomic mass is 14.9. The van der Waals surface area contributed by atoms with Gasteiger partial charge in [0.15, 0.2) is 0 Å². The zero-order valence-electron chi connectivity index (χ0n) is 11.5. The predicted molar refractivity (Wildman–Crippen MR) is 68.0 cm³/mol. The van der Waals surface area contributed by atoms with Crippen molar-refractivity contribution in [3.05, 3.63) is 0 Å². The van der Waals surface area contributed by atoms with Crippen molar-refractivity contribution in [1.29, 1.82) is 0 Å². The van der Waals surface area contributed by atoms with E-state index in [1.807, 2.05) is 0 Å². The van der Waals surface area contributed by atoms with Crippen LogP contribution in [0.5, 0.6) is 0 Å². The molecule has 1 aliphatic carbocycles. The predicted octanol–water partition coefficient (Wildman–Crippen LogP) is 3.84. The summed E-state index contributed by atoms with van der Waals surface area (Å²) in [4.78, 5) is 0. The summed E-state index contributed by atoms with van der Waals surface area (Å²) in [5.74, 6) is 0.857. The Bertz CT molecular complexity index is 191. The molecule has 0 spiro atoms. The Morgan fingerprint density at radius 2 is 1.60 bits per heavy atom. The highest BCUT2D eigenvalue weighted by Crippen LogP contribution is 2.67. The summed E-state index contributed by atoms with van der Waals surface area (Å²) in [6.45, 7) is 15.4. The molecule has 0 amide bonds. The van der Waals surface area contributed by atoms with E-state index < -0.39 is 0 Å². The molecule has 0 radical (unpaired) electrons. The number of rotatable bonds is 6. The second kappa shape index (κ2) is 4.45. The number of nitrogens with one attached hydrogen (secondary N) is 1. The molecule has 0 bridgehead atoms. The molecule has 0 heterocycles. The normalized spacial score (nSPS) is 25.2. The fourth-order valence-electron chi connectivity index (χ4n) is 2.93. The summed E-state index contributed by atoms with van der Waals surface area (Å²) in [5, 5.41) is 3.74. The van der Waals surface area contributed by atoms with Crippen LogP contribution in [0.15, 0.2) is 0 Å². The van der Waals surface area contributed by atoms with Crippen LogP contribution in [0, 0.1) is 16.7 Å². The molecule has 1 atom stereocenters. The minimum atomic E-state index is 0.532. The molecule has 1 N–H and O–H groups in total. The fourth-order valence-corrected chi connectivity index (χ4v) is 2.93. The largest absolute Gasteiger partial charge is 0.314 e. The summed E-state index contributed by atoms with van der Waals surface area (Å²) in [7, 11) is 0. The van der Waals surface area contributed by atoms with Crippen molar-refractivity contribution in [2.24, 2.45) is 16.7 Å². The third-order valence-electron chi connectivity index (χ3n) is 5.06. The Labute approximate surface area is 96.0 Å². The van der Waals surface area contributed by atoms with Crippen LogP contribution < -0.4 is 5.32 Å². The average molecular weight is 211 g/mol. The molecular weight excluding hydrogens is 182 g/mol. The highest BCUT2D eigenvalue weighted by molar-refractivity contribution is 5.12. The lowest BCUT2D eigenvalue weighted by Crippen LogP contribution is -2.31. The van der Waals surface area contributed by atoms with Gasteiger partial charge in [0, 0.05) is 6.04 Å². The standard InChI is InChI=1S/C14H29N/c1-7-9-11(8-2)15-10-12-13(3,4)14(12,5)6/h11-12,15H,7-10H2,1-6H3. The zero-order valence-corrected chi connectivity index (χ0v) is 11.5. The minimum absolute atomic E-state index is 0.532. The molecule has 90 valence electrons. The average Bonchev–Trinajstić information content (AvgIpc) is 2.53. The highest BCUT2D eigenvalue weighted by Gasteiger charge is 2.63. The molecule has 1 fully saturated rings. The monoisotopic (exact) mass is 211 g/mol. The fraction of sp³-hybridized carbons (Fsp3) is 1.00. The smallest absolute Gasteiger partial charge is 0.00644 e. The van der Waals surface area contributed by atoms with Gasteiger partial charge in [-0.2, -0.15) is 0 Å². The lowest BCUT2D eigenvalue weighted by atomic mass is 10.0. The molecule has 1 saturated carbocycles. The van der Waals surface area contributed by atoms with Crippen molar-refractivity contribution in [1.82, 2.24) is 5.32 Å². The molecule has 1 aliphatic rings. The van der Waals surface area contributed by atoms with Gasteiger partial charge in [-0.25, -0.2) is 0 Å². The Hall–Kier alpha value is -0.0400. The first kappa shape index (κ1) is 13.0. The number of hydrogen-bond donors (Lipinski definition) is 1. The summed E-state index contributed by atoms with van der Waals surface area (Å²) in [6.07, 6.45) is 3.88. The molecule has 1 rings (SSSR count). The van der Waals surface area contributed by atoms with Crippen LogP contribution in [0.1, 0.15) is 60.8 Å². The lowest BCUT2D eigenvalue weighted by molar-refractivity contribution is 0.427. The zero-order chi connectivity index (χ0) is 11.7. The first-order valence-electron chi connectivity index (χ1n) is 6.61. The van der Waals surface area contributed by atoms with Gasteiger partial charge < -0.3 is 5.32 Å². The minimum Gasteiger partial charge on any atom is -0.314 e. The van der Waals surface area contributed by atoms with Crippen LogP contribution in [0.25, 0.3) is 0 Å². The van der Waals surface area contributed by atoms with Crippen LogP contribution in [-0.2, 0) is 0 Å². The number of hydrogen-bond acceptors (Lipinski definition) is 1. The maximum atomic E-state index is 3.74. The van der Waals surface area contributed by atoms with Crippen molar-refractivity contribution in [3.8, 4) is 0 Å². The van der Waals surface area contributed by atoms with Gasteiger partial charge in [-0.1, -0.05) is 48.0 Å². The van der Waals surface area contributed by atoms with Crippen molar-refractivity contribution < 1.29 is 0 Å². The summed E-state index contributed by atoms with van der Waals surface area (Å²) < 4.78 is 0. The van der Waals surface area contributed by atoms with E-state index in [4.69, 9.17) is 0 Å². The van der Waals surface area contributed by atoms with Gasteiger partial charge >= 0.3 is 0 Å². The van der Waals surface area contributed by atoms with Crippen molar-refractivity contribution in [2.75, 3.05) is 6.54 Å². The molecule has 0 aromatic rings. The quantitative estimate of drug-likeness (QED) is 0.704. The van der Waals surface area contributed by atoms with Gasteiger partial charge in [-0.3, -0.25) is 0 Å².